The zero-order valence-electron chi connectivity index (χ0n) is 19.0. The van der Waals surface area contributed by atoms with E-state index in [1.807, 2.05) is 11.8 Å². The summed E-state index contributed by atoms with van der Waals surface area (Å²) in [5, 5.41) is 14.7. The second-order valence-corrected chi connectivity index (χ2v) is 11.0. The van der Waals surface area contributed by atoms with Gasteiger partial charge in [-0.25, -0.2) is 4.98 Å². The number of hydrogen-bond acceptors (Lipinski definition) is 7. The van der Waals surface area contributed by atoms with Crippen molar-refractivity contribution >= 4 is 40.0 Å². The molecule has 2 amide bonds. The lowest BCUT2D eigenvalue weighted by Crippen LogP contribution is -2.35. The van der Waals surface area contributed by atoms with Crippen molar-refractivity contribution in [1.29, 1.82) is 0 Å². The highest BCUT2D eigenvalue weighted by molar-refractivity contribution is 8.01. The summed E-state index contributed by atoms with van der Waals surface area (Å²) in [5.41, 5.74) is 3.04. The first-order valence-electron chi connectivity index (χ1n) is 11.2. The number of rotatable bonds is 7. The molecule has 1 aromatic heterocycles. The molecule has 2 aliphatic rings. The molecule has 1 saturated heterocycles. The Bertz CT molecular complexity index is 1050. The Morgan fingerprint density at radius 2 is 2.03 bits per heavy atom. The fourth-order valence-electron chi connectivity index (χ4n) is 3.99. The molecule has 4 rings (SSSR count). The van der Waals surface area contributed by atoms with Gasteiger partial charge in [-0.3, -0.25) is 14.5 Å². The molecule has 7 nitrogen and oxygen atoms in total. The standard InChI is InChI=1S/C24H30N4O3S2/c1-4-20(29)27-8-5-9-28(11-10-27)23(31)18-13-19(16(3)12-15(18)2)32-21-14-25-24(33-21)26-22(30)17-6-7-17/h4,12-14,17,23,31H,1,5-11H2,2-3H3,(H,25,26,30). The summed E-state index contributed by atoms with van der Waals surface area (Å²) in [5.74, 6) is 0.145. The molecule has 2 N–H and O–H groups in total. The third kappa shape index (κ3) is 5.84. The summed E-state index contributed by atoms with van der Waals surface area (Å²) < 4.78 is 0.988. The van der Waals surface area contributed by atoms with Crippen molar-refractivity contribution < 1.29 is 14.7 Å². The number of aryl methyl sites for hydroxylation is 2. The Hall–Kier alpha value is -2.20. The van der Waals surface area contributed by atoms with Crippen molar-refractivity contribution in [3.8, 4) is 0 Å². The SMILES string of the molecule is C=CC(=O)N1CCCN(C(O)c2cc(Sc3cnc(NC(=O)C4CC4)s3)c(C)cc2C)CC1. The van der Waals surface area contributed by atoms with Crippen LogP contribution >= 0.6 is 23.1 Å². The number of aliphatic hydroxyl groups excluding tert-OH is 1. The minimum Gasteiger partial charge on any atom is -0.374 e. The van der Waals surface area contributed by atoms with Crippen LogP contribution in [0, 0.1) is 19.8 Å². The summed E-state index contributed by atoms with van der Waals surface area (Å²) in [6.45, 7) is 10.2. The van der Waals surface area contributed by atoms with Gasteiger partial charge in [0, 0.05) is 37.0 Å². The van der Waals surface area contributed by atoms with Crippen molar-refractivity contribution in [1.82, 2.24) is 14.8 Å². The van der Waals surface area contributed by atoms with E-state index in [1.165, 1.54) is 17.4 Å². The van der Waals surface area contributed by atoms with Crippen LogP contribution in [0.1, 0.15) is 42.2 Å². The van der Waals surface area contributed by atoms with Crippen molar-refractivity contribution in [2.75, 3.05) is 31.5 Å². The molecule has 0 radical (unpaired) electrons. The van der Waals surface area contributed by atoms with E-state index in [1.54, 1.807) is 22.9 Å². The molecule has 176 valence electrons. The predicted octanol–water partition coefficient (Wildman–Crippen LogP) is 3.97. The molecule has 0 spiro atoms. The number of benzene rings is 1. The van der Waals surface area contributed by atoms with Crippen LogP contribution in [0.2, 0.25) is 0 Å². The van der Waals surface area contributed by atoms with E-state index in [9.17, 15) is 14.7 Å². The summed E-state index contributed by atoms with van der Waals surface area (Å²) in [6, 6.07) is 4.16. The van der Waals surface area contributed by atoms with Gasteiger partial charge >= 0.3 is 0 Å². The van der Waals surface area contributed by atoms with E-state index in [0.29, 0.717) is 24.8 Å². The summed E-state index contributed by atoms with van der Waals surface area (Å²) in [6.07, 6.45) is 5.13. The van der Waals surface area contributed by atoms with Crippen molar-refractivity contribution in [2.45, 2.75) is 48.4 Å². The first kappa shape index (κ1) is 23.9. The number of thiazole rings is 1. The highest BCUT2D eigenvalue weighted by Crippen LogP contribution is 2.39. The van der Waals surface area contributed by atoms with Crippen LogP contribution < -0.4 is 5.32 Å². The van der Waals surface area contributed by atoms with E-state index in [4.69, 9.17) is 0 Å². The average molecular weight is 487 g/mol. The normalized spacial score (nSPS) is 18.0. The van der Waals surface area contributed by atoms with Gasteiger partial charge in [0.25, 0.3) is 0 Å². The molecule has 1 aliphatic carbocycles. The number of nitrogens with zero attached hydrogens (tertiary/aromatic N) is 3. The average Bonchev–Trinajstić information content (AvgIpc) is 3.59. The van der Waals surface area contributed by atoms with Gasteiger partial charge in [-0.15, -0.1) is 0 Å². The third-order valence-electron chi connectivity index (χ3n) is 6.08. The van der Waals surface area contributed by atoms with Gasteiger partial charge in [0.2, 0.25) is 11.8 Å². The maximum Gasteiger partial charge on any atom is 0.245 e. The lowest BCUT2D eigenvalue weighted by molar-refractivity contribution is -0.126. The van der Waals surface area contributed by atoms with E-state index in [0.717, 1.165) is 51.6 Å². The fraction of sp³-hybridized carbons (Fsp3) is 0.458. The number of aromatic nitrogens is 1. The van der Waals surface area contributed by atoms with Gasteiger partial charge in [0.15, 0.2) is 5.13 Å². The lowest BCUT2D eigenvalue weighted by Gasteiger charge is -2.28. The zero-order valence-corrected chi connectivity index (χ0v) is 20.7. The molecule has 1 atom stereocenters. The maximum atomic E-state index is 12.0. The Kier molecular flexibility index (Phi) is 7.53. The lowest BCUT2D eigenvalue weighted by atomic mass is 10.0. The highest BCUT2D eigenvalue weighted by Gasteiger charge is 2.30. The second-order valence-electron chi connectivity index (χ2n) is 8.62. The van der Waals surface area contributed by atoms with Crippen LogP contribution in [0.15, 0.2) is 40.1 Å². The second kappa shape index (κ2) is 10.4. The van der Waals surface area contributed by atoms with Gasteiger partial charge in [0.1, 0.15) is 6.23 Å². The highest BCUT2D eigenvalue weighted by atomic mass is 32.2. The molecular formula is C24H30N4O3S2. The quantitative estimate of drug-likeness (QED) is 0.576. The minimum absolute atomic E-state index is 0.0589. The van der Waals surface area contributed by atoms with Crippen LogP contribution in [0.5, 0.6) is 0 Å². The van der Waals surface area contributed by atoms with Crippen LogP contribution in [0.4, 0.5) is 5.13 Å². The van der Waals surface area contributed by atoms with E-state index in [2.05, 4.69) is 35.9 Å². The number of nitrogens with one attached hydrogen (secondary N) is 1. The van der Waals surface area contributed by atoms with Crippen LogP contribution in [-0.4, -0.2) is 57.9 Å². The third-order valence-corrected chi connectivity index (χ3v) is 8.25. The smallest absolute Gasteiger partial charge is 0.245 e. The molecule has 2 heterocycles. The van der Waals surface area contributed by atoms with Crippen LogP contribution in [0.3, 0.4) is 0 Å². The van der Waals surface area contributed by atoms with Gasteiger partial charge in [-0.05, 0) is 61.9 Å². The molecule has 1 aliphatic heterocycles. The largest absolute Gasteiger partial charge is 0.374 e. The van der Waals surface area contributed by atoms with Crippen LogP contribution in [-0.2, 0) is 9.59 Å². The Morgan fingerprint density at radius 1 is 1.24 bits per heavy atom. The molecule has 1 aromatic carbocycles. The van der Waals surface area contributed by atoms with Crippen molar-refractivity contribution in [2.24, 2.45) is 5.92 Å². The Morgan fingerprint density at radius 3 is 2.76 bits per heavy atom. The fourth-order valence-corrected chi connectivity index (χ4v) is 5.94. The summed E-state index contributed by atoms with van der Waals surface area (Å²) in [7, 11) is 0. The molecule has 2 fully saturated rings. The van der Waals surface area contributed by atoms with E-state index >= 15 is 0 Å². The van der Waals surface area contributed by atoms with Gasteiger partial charge in [0.05, 0.1) is 10.4 Å². The first-order chi connectivity index (χ1) is 15.9. The van der Waals surface area contributed by atoms with Crippen molar-refractivity contribution in [3.05, 3.63) is 47.7 Å². The van der Waals surface area contributed by atoms with Gasteiger partial charge < -0.3 is 15.3 Å². The van der Waals surface area contributed by atoms with Gasteiger partial charge in [-0.1, -0.05) is 35.7 Å². The molecule has 1 unspecified atom stereocenters. The Labute approximate surface area is 202 Å². The zero-order chi connectivity index (χ0) is 23.5. The number of hydrogen-bond donors (Lipinski definition) is 2. The predicted molar refractivity (Wildman–Crippen MR) is 131 cm³/mol. The minimum atomic E-state index is -0.737. The monoisotopic (exact) mass is 486 g/mol. The first-order valence-corrected chi connectivity index (χ1v) is 12.9. The number of anilines is 1. The number of carbonyl (C=O) groups is 2. The number of aliphatic hydroxyl groups is 1. The van der Waals surface area contributed by atoms with Gasteiger partial charge in [-0.2, -0.15) is 0 Å². The molecule has 1 saturated carbocycles. The number of amides is 2. The van der Waals surface area contributed by atoms with E-state index in [-0.39, 0.29) is 17.7 Å². The molecule has 0 bridgehead atoms. The summed E-state index contributed by atoms with van der Waals surface area (Å²) >= 11 is 3.06. The maximum absolute atomic E-state index is 12.0. The topological polar surface area (TPSA) is 85.8 Å². The molecule has 33 heavy (non-hydrogen) atoms. The molecule has 9 heteroatoms. The Balaban J connectivity index is 1.46. The summed E-state index contributed by atoms with van der Waals surface area (Å²) in [4.78, 5) is 33.2. The van der Waals surface area contributed by atoms with Crippen molar-refractivity contribution in [3.63, 3.8) is 0 Å². The molecule has 2 aromatic rings. The number of carbonyl (C=O) groups excluding carboxylic acids is 2. The van der Waals surface area contributed by atoms with E-state index < -0.39 is 6.23 Å². The van der Waals surface area contributed by atoms with Crippen LogP contribution in [0.25, 0.3) is 0 Å². The molecular weight excluding hydrogens is 456 g/mol.